The molecular weight excluding hydrogens is 308 g/mol. The van der Waals surface area contributed by atoms with Gasteiger partial charge in [-0.1, -0.05) is 18.2 Å². The lowest BCUT2D eigenvalue weighted by Gasteiger charge is -2.18. The number of rotatable bonds is 1. The minimum absolute atomic E-state index is 0.166. The van der Waals surface area contributed by atoms with E-state index in [2.05, 4.69) is 5.10 Å². The minimum atomic E-state index is -0.451. The third-order valence-corrected chi connectivity index (χ3v) is 4.90. The van der Waals surface area contributed by atoms with E-state index in [9.17, 15) is 14.7 Å². The molecule has 120 valence electrons. The Hall–Kier alpha value is -3.09. The molecule has 0 saturated heterocycles. The van der Waals surface area contributed by atoms with E-state index in [0.717, 1.165) is 17.7 Å². The average Bonchev–Trinajstić information content (AvgIpc) is 3.28. The Bertz CT molecular complexity index is 1080. The van der Waals surface area contributed by atoms with E-state index in [1.807, 2.05) is 24.3 Å². The minimum Gasteiger partial charge on any atom is -0.506 e. The molecule has 1 aromatic carbocycles. The fourth-order valence-corrected chi connectivity index (χ4v) is 3.74. The highest BCUT2D eigenvalue weighted by atomic mass is 16.3. The van der Waals surface area contributed by atoms with Gasteiger partial charge in [0.15, 0.2) is 0 Å². The first-order chi connectivity index (χ1) is 11.7. The first-order valence-corrected chi connectivity index (χ1v) is 7.88. The van der Waals surface area contributed by atoms with Gasteiger partial charge in [-0.25, -0.2) is 4.68 Å². The van der Waals surface area contributed by atoms with Gasteiger partial charge in [0.2, 0.25) is 0 Å². The number of amides is 1. The van der Waals surface area contributed by atoms with E-state index in [-0.39, 0.29) is 11.3 Å². The van der Waals surface area contributed by atoms with Crippen molar-refractivity contribution in [1.29, 1.82) is 0 Å². The Morgan fingerprint density at radius 1 is 1.17 bits per heavy atom. The number of pyridine rings is 1. The number of carbonyl (C=O) groups excluding carboxylic acids is 1. The quantitative estimate of drug-likeness (QED) is 0.728. The van der Waals surface area contributed by atoms with Gasteiger partial charge in [-0.2, -0.15) is 5.10 Å². The highest BCUT2D eigenvalue weighted by molar-refractivity contribution is 6.11. The zero-order chi connectivity index (χ0) is 16.4. The first-order valence-electron chi connectivity index (χ1n) is 7.88. The number of benzene rings is 1. The number of aromatic nitrogens is 3. The van der Waals surface area contributed by atoms with Gasteiger partial charge in [0.25, 0.3) is 11.5 Å². The number of fused-ring (bicyclic) bond motifs is 1. The lowest BCUT2D eigenvalue weighted by Crippen LogP contribution is -2.35. The van der Waals surface area contributed by atoms with Crippen LogP contribution in [-0.2, 0) is 19.5 Å². The van der Waals surface area contributed by atoms with Gasteiger partial charge < -0.3 is 10.0 Å². The lowest BCUT2D eigenvalue weighted by atomic mass is 10.1. The maximum atomic E-state index is 13.0. The molecule has 7 nitrogen and oxygen atoms in total. The van der Waals surface area contributed by atoms with Crippen LogP contribution in [0.25, 0.3) is 11.0 Å². The van der Waals surface area contributed by atoms with Gasteiger partial charge in [-0.15, -0.1) is 0 Å². The summed E-state index contributed by atoms with van der Waals surface area (Å²) >= 11 is 0. The van der Waals surface area contributed by atoms with Crippen LogP contribution in [0.15, 0.2) is 35.3 Å². The number of nitrogens with zero attached hydrogens (tertiary/aromatic N) is 4. The normalized spacial score (nSPS) is 15.2. The molecule has 3 aromatic rings. The summed E-state index contributed by atoms with van der Waals surface area (Å²) in [6, 6.07) is 7.64. The summed E-state index contributed by atoms with van der Waals surface area (Å²) in [6.07, 6.45) is 2.26. The van der Waals surface area contributed by atoms with Crippen LogP contribution in [0.1, 0.15) is 15.9 Å². The smallest absolute Gasteiger partial charge is 0.268 e. The number of para-hydroxylation sites is 1. The summed E-state index contributed by atoms with van der Waals surface area (Å²) in [5.74, 6) is -0.721. The van der Waals surface area contributed by atoms with Crippen molar-refractivity contribution in [3.05, 3.63) is 51.9 Å². The van der Waals surface area contributed by atoms with Gasteiger partial charge in [-0.3, -0.25) is 14.2 Å². The fraction of sp³-hybridized carbons (Fsp3) is 0.235. The van der Waals surface area contributed by atoms with Crippen molar-refractivity contribution < 1.29 is 9.90 Å². The van der Waals surface area contributed by atoms with E-state index >= 15 is 0 Å². The zero-order valence-corrected chi connectivity index (χ0v) is 12.8. The zero-order valence-electron chi connectivity index (χ0n) is 12.8. The topological polar surface area (TPSA) is 80.4 Å². The van der Waals surface area contributed by atoms with Crippen LogP contribution in [-0.4, -0.2) is 31.9 Å². The van der Waals surface area contributed by atoms with Crippen LogP contribution in [0.4, 0.5) is 5.69 Å². The highest BCUT2D eigenvalue weighted by Crippen LogP contribution is 2.33. The Kier molecular flexibility index (Phi) is 2.49. The van der Waals surface area contributed by atoms with E-state index in [0.29, 0.717) is 30.7 Å². The van der Waals surface area contributed by atoms with Crippen molar-refractivity contribution in [2.75, 3.05) is 11.4 Å². The van der Waals surface area contributed by atoms with Crippen LogP contribution < -0.4 is 10.5 Å². The monoisotopic (exact) mass is 322 g/mol. The lowest BCUT2D eigenvalue weighted by molar-refractivity contribution is 0.0985. The van der Waals surface area contributed by atoms with E-state index < -0.39 is 11.5 Å². The largest absolute Gasteiger partial charge is 0.506 e. The van der Waals surface area contributed by atoms with Gasteiger partial charge in [0.05, 0.1) is 18.1 Å². The predicted molar refractivity (Wildman–Crippen MR) is 87.5 cm³/mol. The molecule has 0 aliphatic carbocycles. The molecule has 1 N–H and O–H groups in total. The second-order valence-electron chi connectivity index (χ2n) is 6.12. The SMILES string of the molecule is O=C(c1c(O)c2cnn3c2n(c1=O)CC3)N1CCc2ccccc21. The molecule has 0 unspecified atom stereocenters. The highest BCUT2D eigenvalue weighted by Gasteiger charge is 2.32. The molecule has 5 rings (SSSR count). The first kappa shape index (κ1) is 13.4. The second-order valence-corrected chi connectivity index (χ2v) is 6.12. The van der Waals surface area contributed by atoms with Crippen molar-refractivity contribution in [2.45, 2.75) is 19.5 Å². The number of hydrogen-bond donors (Lipinski definition) is 1. The Morgan fingerprint density at radius 2 is 2.00 bits per heavy atom. The summed E-state index contributed by atoms with van der Waals surface area (Å²) in [4.78, 5) is 27.4. The van der Waals surface area contributed by atoms with Gasteiger partial charge in [0.1, 0.15) is 17.0 Å². The Labute approximate surface area is 136 Å². The summed E-state index contributed by atoms with van der Waals surface area (Å²) in [7, 11) is 0. The molecule has 24 heavy (non-hydrogen) atoms. The van der Waals surface area contributed by atoms with Gasteiger partial charge >= 0.3 is 0 Å². The summed E-state index contributed by atoms with van der Waals surface area (Å²) in [5.41, 5.74) is 1.84. The van der Waals surface area contributed by atoms with Crippen LogP contribution in [0.5, 0.6) is 5.75 Å². The third kappa shape index (κ3) is 1.53. The number of aromatic hydroxyl groups is 1. The molecule has 2 aliphatic rings. The van der Waals surface area contributed by atoms with Crippen molar-refractivity contribution in [2.24, 2.45) is 0 Å². The van der Waals surface area contributed by atoms with Crippen LogP contribution in [0, 0.1) is 0 Å². The summed E-state index contributed by atoms with van der Waals surface area (Å²) in [6.45, 7) is 1.55. The van der Waals surface area contributed by atoms with Crippen LogP contribution >= 0.6 is 0 Å². The third-order valence-electron chi connectivity index (χ3n) is 4.90. The molecule has 7 heteroatoms. The molecular formula is C17H14N4O3. The molecule has 4 heterocycles. The number of carbonyl (C=O) groups is 1. The summed E-state index contributed by atoms with van der Waals surface area (Å²) in [5, 5.41) is 15.2. The van der Waals surface area contributed by atoms with E-state index in [4.69, 9.17) is 0 Å². The Morgan fingerprint density at radius 3 is 2.88 bits per heavy atom. The van der Waals surface area contributed by atoms with E-state index in [1.165, 1.54) is 10.8 Å². The van der Waals surface area contributed by atoms with Crippen LogP contribution in [0.2, 0.25) is 0 Å². The molecule has 0 radical (unpaired) electrons. The Balaban J connectivity index is 1.72. The van der Waals surface area contributed by atoms with Crippen molar-refractivity contribution in [1.82, 2.24) is 14.3 Å². The molecule has 2 aliphatic heterocycles. The molecule has 0 spiro atoms. The second kappa shape index (κ2) is 4.47. The standard InChI is InChI=1S/C17H14N4O3/c22-14-11-9-18-21-8-7-20(15(11)21)17(24)13(14)16(23)19-6-5-10-3-1-2-4-12(10)19/h1-4,9,22H,5-8H2. The number of aryl methyl sites for hydroxylation is 2. The molecule has 0 atom stereocenters. The molecule has 1 amide bonds. The van der Waals surface area contributed by atoms with Crippen LogP contribution in [0.3, 0.4) is 0 Å². The van der Waals surface area contributed by atoms with Gasteiger partial charge in [-0.05, 0) is 18.1 Å². The van der Waals surface area contributed by atoms with Crippen molar-refractivity contribution in [3.63, 3.8) is 0 Å². The van der Waals surface area contributed by atoms with Crippen molar-refractivity contribution in [3.8, 4) is 5.75 Å². The number of hydrogen-bond acceptors (Lipinski definition) is 4. The average molecular weight is 322 g/mol. The van der Waals surface area contributed by atoms with Crippen molar-refractivity contribution >= 4 is 22.6 Å². The number of anilines is 1. The van der Waals surface area contributed by atoms with Gasteiger partial charge in [0, 0.05) is 18.8 Å². The molecule has 0 fully saturated rings. The van der Waals surface area contributed by atoms with E-state index in [1.54, 1.807) is 9.58 Å². The molecule has 2 aromatic heterocycles. The molecule has 0 bridgehead atoms. The fourth-order valence-electron chi connectivity index (χ4n) is 3.74. The predicted octanol–water partition coefficient (Wildman–Crippen LogP) is 1.12. The summed E-state index contributed by atoms with van der Waals surface area (Å²) < 4.78 is 3.20. The molecule has 0 saturated carbocycles. The maximum absolute atomic E-state index is 13.0. The maximum Gasteiger partial charge on any atom is 0.268 e.